The fourth-order valence-corrected chi connectivity index (χ4v) is 2.18. The molecule has 1 amide bonds. The van der Waals surface area contributed by atoms with Gasteiger partial charge in [-0.1, -0.05) is 19.1 Å². The summed E-state index contributed by atoms with van der Waals surface area (Å²) in [5.41, 5.74) is 0.935. The molecule has 0 radical (unpaired) electrons. The maximum atomic E-state index is 12.0. The molecule has 0 saturated carbocycles. The van der Waals surface area contributed by atoms with Crippen LogP contribution in [0.4, 0.5) is 0 Å². The van der Waals surface area contributed by atoms with Crippen molar-refractivity contribution < 1.29 is 14.6 Å². The number of aromatic hydroxyl groups is 1. The summed E-state index contributed by atoms with van der Waals surface area (Å²) in [7, 11) is 1.81. The second kappa shape index (κ2) is 4.98. The quantitative estimate of drug-likeness (QED) is 0.878. The molecule has 1 aliphatic rings. The SMILES string of the molecule is CN(CC1(C)COC1)C(=O)Cc1cccc(O)c1. The van der Waals surface area contributed by atoms with Crippen LogP contribution in [-0.4, -0.2) is 42.7 Å². The van der Waals surface area contributed by atoms with Gasteiger partial charge >= 0.3 is 0 Å². The van der Waals surface area contributed by atoms with Gasteiger partial charge < -0.3 is 14.7 Å². The highest BCUT2D eigenvalue weighted by Crippen LogP contribution is 2.27. The van der Waals surface area contributed by atoms with Crippen LogP contribution in [0.1, 0.15) is 12.5 Å². The van der Waals surface area contributed by atoms with Gasteiger partial charge in [0.2, 0.25) is 5.91 Å². The van der Waals surface area contributed by atoms with Crippen LogP contribution >= 0.6 is 0 Å². The zero-order valence-corrected chi connectivity index (χ0v) is 10.8. The minimum Gasteiger partial charge on any atom is -0.508 e. The van der Waals surface area contributed by atoms with Crippen LogP contribution in [0.2, 0.25) is 0 Å². The normalized spacial score (nSPS) is 17.0. The largest absolute Gasteiger partial charge is 0.508 e. The molecule has 18 heavy (non-hydrogen) atoms. The van der Waals surface area contributed by atoms with Crippen LogP contribution in [0.5, 0.6) is 5.75 Å². The lowest BCUT2D eigenvalue weighted by molar-refractivity contribution is -0.141. The van der Waals surface area contributed by atoms with E-state index in [0.29, 0.717) is 13.0 Å². The molecule has 0 atom stereocenters. The summed E-state index contributed by atoms with van der Waals surface area (Å²) >= 11 is 0. The van der Waals surface area contributed by atoms with Crippen LogP contribution in [0.15, 0.2) is 24.3 Å². The topological polar surface area (TPSA) is 49.8 Å². The number of amides is 1. The minimum absolute atomic E-state index is 0.0636. The van der Waals surface area contributed by atoms with Crippen molar-refractivity contribution in [1.29, 1.82) is 0 Å². The molecule has 1 aliphatic heterocycles. The van der Waals surface area contributed by atoms with Crippen LogP contribution in [0.3, 0.4) is 0 Å². The molecule has 0 spiro atoms. The summed E-state index contributed by atoms with van der Waals surface area (Å²) < 4.78 is 5.18. The van der Waals surface area contributed by atoms with Crippen molar-refractivity contribution in [2.45, 2.75) is 13.3 Å². The highest BCUT2D eigenvalue weighted by molar-refractivity contribution is 5.78. The summed E-state index contributed by atoms with van der Waals surface area (Å²) in [4.78, 5) is 13.8. The van der Waals surface area contributed by atoms with Crippen molar-refractivity contribution in [1.82, 2.24) is 4.90 Å². The lowest BCUT2D eigenvalue weighted by Gasteiger charge is -2.40. The lowest BCUT2D eigenvalue weighted by atomic mass is 9.88. The van der Waals surface area contributed by atoms with Crippen LogP contribution < -0.4 is 0 Å². The molecule has 98 valence electrons. The number of rotatable bonds is 4. The molecule has 1 fully saturated rings. The molecule has 1 aromatic rings. The van der Waals surface area contributed by atoms with Gasteiger partial charge in [-0.25, -0.2) is 0 Å². The number of phenolic OH excluding ortho intramolecular Hbond substituents is 1. The third-order valence-electron chi connectivity index (χ3n) is 3.21. The molecule has 1 heterocycles. The van der Waals surface area contributed by atoms with Gasteiger partial charge in [0, 0.05) is 19.0 Å². The average molecular weight is 249 g/mol. The maximum absolute atomic E-state index is 12.0. The first-order valence-electron chi connectivity index (χ1n) is 6.08. The number of carbonyl (C=O) groups is 1. The Morgan fingerprint density at radius 3 is 2.78 bits per heavy atom. The molecule has 1 saturated heterocycles. The van der Waals surface area contributed by atoms with Gasteiger partial charge in [0.05, 0.1) is 19.6 Å². The van der Waals surface area contributed by atoms with Crippen LogP contribution in [-0.2, 0) is 16.0 Å². The Kier molecular flexibility index (Phi) is 3.57. The molecule has 0 aromatic heterocycles. The van der Waals surface area contributed by atoms with Crippen molar-refractivity contribution in [3.8, 4) is 5.75 Å². The molecule has 1 aromatic carbocycles. The van der Waals surface area contributed by atoms with E-state index in [-0.39, 0.29) is 17.1 Å². The van der Waals surface area contributed by atoms with Gasteiger partial charge in [-0.05, 0) is 17.7 Å². The third-order valence-corrected chi connectivity index (χ3v) is 3.21. The van der Waals surface area contributed by atoms with E-state index >= 15 is 0 Å². The number of ether oxygens (including phenoxy) is 1. The molecule has 0 aliphatic carbocycles. The standard InChI is InChI=1S/C14H19NO3/c1-14(9-18-10-14)8-15(2)13(17)7-11-4-3-5-12(16)6-11/h3-6,16H,7-10H2,1-2H3. The maximum Gasteiger partial charge on any atom is 0.226 e. The van der Waals surface area contributed by atoms with E-state index in [1.165, 1.54) is 0 Å². The van der Waals surface area contributed by atoms with Gasteiger partial charge in [-0.2, -0.15) is 0 Å². The van der Waals surface area contributed by atoms with Gasteiger partial charge in [0.25, 0.3) is 0 Å². The predicted molar refractivity (Wildman–Crippen MR) is 68.4 cm³/mol. The Hall–Kier alpha value is -1.55. The molecule has 4 heteroatoms. The molecule has 4 nitrogen and oxygen atoms in total. The predicted octanol–water partition coefficient (Wildman–Crippen LogP) is 1.43. The van der Waals surface area contributed by atoms with E-state index < -0.39 is 0 Å². The van der Waals surface area contributed by atoms with E-state index in [9.17, 15) is 9.90 Å². The second-order valence-electron chi connectivity index (χ2n) is 5.40. The van der Waals surface area contributed by atoms with Crippen molar-refractivity contribution in [3.05, 3.63) is 29.8 Å². The van der Waals surface area contributed by atoms with Crippen molar-refractivity contribution in [2.24, 2.45) is 5.41 Å². The van der Waals surface area contributed by atoms with E-state index in [4.69, 9.17) is 4.74 Å². The van der Waals surface area contributed by atoms with Crippen LogP contribution in [0, 0.1) is 5.41 Å². The number of carbonyl (C=O) groups excluding carboxylic acids is 1. The number of hydrogen-bond donors (Lipinski definition) is 1. The van der Waals surface area contributed by atoms with Crippen LogP contribution in [0.25, 0.3) is 0 Å². The molecular formula is C14H19NO3. The number of phenols is 1. The van der Waals surface area contributed by atoms with Crippen molar-refractivity contribution >= 4 is 5.91 Å². The first-order valence-corrected chi connectivity index (χ1v) is 6.08. The molecule has 1 N–H and O–H groups in total. The Labute approximate surface area is 107 Å². The molecule has 0 bridgehead atoms. The van der Waals surface area contributed by atoms with Gasteiger partial charge in [-0.15, -0.1) is 0 Å². The summed E-state index contributed by atoms with van der Waals surface area (Å²) in [6.07, 6.45) is 0.321. The molecule has 2 rings (SSSR count). The number of nitrogens with zero attached hydrogens (tertiary/aromatic N) is 1. The fraction of sp³-hybridized carbons (Fsp3) is 0.500. The zero-order chi connectivity index (χ0) is 13.2. The first-order chi connectivity index (χ1) is 8.48. The van der Waals surface area contributed by atoms with E-state index in [1.54, 1.807) is 23.1 Å². The van der Waals surface area contributed by atoms with Gasteiger partial charge in [-0.3, -0.25) is 4.79 Å². The Morgan fingerprint density at radius 1 is 1.50 bits per heavy atom. The lowest BCUT2D eigenvalue weighted by Crippen LogP contribution is -2.49. The highest BCUT2D eigenvalue weighted by Gasteiger charge is 2.35. The highest BCUT2D eigenvalue weighted by atomic mass is 16.5. The summed E-state index contributed by atoms with van der Waals surface area (Å²) in [5, 5.41) is 9.36. The monoisotopic (exact) mass is 249 g/mol. The van der Waals surface area contributed by atoms with Crippen molar-refractivity contribution in [3.63, 3.8) is 0 Å². The second-order valence-corrected chi connectivity index (χ2v) is 5.40. The van der Waals surface area contributed by atoms with E-state index in [0.717, 1.165) is 18.8 Å². The van der Waals surface area contributed by atoms with Gasteiger partial charge in [0.1, 0.15) is 5.75 Å². The Morgan fingerprint density at radius 2 is 2.22 bits per heavy atom. The Balaban J connectivity index is 1.91. The van der Waals surface area contributed by atoms with E-state index in [1.807, 2.05) is 13.1 Å². The summed E-state index contributed by atoms with van der Waals surface area (Å²) in [6, 6.07) is 6.82. The first kappa shape index (κ1) is 12.9. The smallest absolute Gasteiger partial charge is 0.226 e. The van der Waals surface area contributed by atoms with Gasteiger partial charge in [0.15, 0.2) is 0 Å². The molecule has 0 unspecified atom stereocenters. The summed E-state index contributed by atoms with van der Waals surface area (Å²) in [5.74, 6) is 0.260. The van der Waals surface area contributed by atoms with Crippen molar-refractivity contribution in [2.75, 3.05) is 26.8 Å². The number of likely N-dealkylation sites (N-methyl/N-ethyl adjacent to an activating group) is 1. The minimum atomic E-state index is 0.0636. The Bertz CT molecular complexity index is 440. The number of hydrogen-bond acceptors (Lipinski definition) is 3. The summed E-state index contributed by atoms with van der Waals surface area (Å²) in [6.45, 7) is 4.27. The van der Waals surface area contributed by atoms with E-state index in [2.05, 4.69) is 6.92 Å². The third kappa shape index (κ3) is 3.01. The average Bonchev–Trinajstić information content (AvgIpc) is 2.26. The zero-order valence-electron chi connectivity index (χ0n) is 10.8. The fourth-order valence-electron chi connectivity index (χ4n) is 2.18. The molecular weight excluding hydrogens is 230 g/mol. The number of benzene rings is 1.